The third-order valence-corrected chi connectivity index (χ3v) is 4.38. The van der Waals surface area contributed by atoms with Crippen molar-refractivity contribution < 1.29 is 14.3 Å². The first-order chi connectivity index (χ1) is 12.1. The molecule has 25 heavy (non-hydrogen) atoms. The summed E-state index contributed by atoms with van der Waals surface area (Å²) < 4.78 is 5.26. The van der Waals surface area contributed by atoms with E-state index in [-0.39, 0.29) is 23.8 Å². The Labute approximate surface area is 147 Å². The van der Waals surface area contributed by atoms with Gasteiger partial charge < -0.3 is 15.4 Å². The van der Waals surface area contributed by atoms with Gasteiger partial charge in [0.25, 0.3) is 5.91 Å². The quantitative estimate of drug-likeness (QED) is 0.880. The zero-order chi connectivity index (χ0) is 17.6. The Morgan fingerprint density at radius 3 is 2.52 bits per heavy atom. The number of para-hydroxylation sites is 1. The fourth-order valence-electron chi connectivity index (χ4n) is 2.87. The van der Waals surface area contributed by atoms with Crippen molar-refractivity contribution in [2.45, 2.75) is 19.4 Å². The molecule has 2 N–H and O–H groups in total. The van der Waals surface area contributed by atoms with Gasteiger partial charge in [0.15, 0.2) is 0 Å². The van der Waals surface area contributed by atoms with Crippen LogP contribution in [-0.2, 0) is 9.53 Å². The molecule has 2 aromatic carbocycles. The molecule has 1 fully saturated rings. The molecule has 2 amide bonds. The first kappa shape index (κ1) is 17.2. The van der Waals surface area contributed by atoms with Gasteiger partial charge in [0.2, 0.25) is 5.91 Å². The van der Waals surface area contributed by atoms with Crippen molar-refractivity contribution in [3.05, 3.63) is 65.7 Å². The summed E-state index contributed by atoms with van der Waals surface area (Å²) in [7, 11) is 0. The van der Waals surface area contributed by atoms with Crippen molar-refractivity contribution in [2.24, 2.45) is 5.92 Å². The summed E-state index contributed by atoms with van der Waals surface area (Å²) in [6.07, 6.45) is 0.714. The second kappa shape index (κ2) is 7.94. The lowest BCUT2D eigenvalue weighted by Crippen LogP contribution is -2.29. The molecule has 0 aliphatic carbocycles. The van der Waals surface area contributed by atoms with Crippen LogP contribution in [0, 0.1) is 5.92 Å². The van der Waals surface area contributed by atoms with Crippen LogP contribution < -0.4 is 10.6 Å². The van der Waals surface area contributed by atoms with Crippen molar-refractivity contribution >= 4 is 17.5 Å². The minimum absolute atomic E-state index is 0.103. The lowest BCUT2D eigenvalue weighted by molar-refractivity contribution is -0.119. The highest BCUT2D eigenvalue weighted by molar-refractivity contribution is 6.04. The van der Waals surface area contributed by atoms with Crippen LogP contribution >= 0.6 is 0 Å². The largest absolute Gasteiger partial charge is 0.381 e. The number of nitrogens with one attached hydrogen (secondary N) is 2. The molecule has 5 nitrogen and oxygen atoms in total. The van der Waals surface area contributed by atoms with Crippen LogP contribution in [0.3, 0.4) is 0 Å². The summed E-state index contributed by atoms with van der Waals surface area (Å²) in [6.45, 7) is 2.98. The zero-order valence-electron chi connectivity index (χ0n) is 14.2. The second-order valence-corrected chi connectivity index (χ2v) is 6.20. The van der Waals surface area contributed by atoms with E-state index in [4.69, 9.17) is 4.74 Å². The molecule has 130 valence electrons. The molecular weight excluding hydrogens is 316 g/mol. The molecule has 0 spiro atoms. The molecule has 0 aromatic heterocycles. The molecule has 5 heteroatoms. The van der Waals surface area contributed by atoms with Gasteiger partial charge in [-0.3, -0.25) is 9.59 Å². The Kier molecular flexibility index (Phi) is 5.46. The van der Waals surface area contributed by atoms with E-state index in [1.54, 1.807) is 24.3 Å². The third-order valence-electron chi connectivity index (χ3n) is 4.38. The van der Waals surface area contributed by atoms with E-state index in [0.717, 1.165) is 5.56 Å². The maximum Gasteiger partial charge on any atom is 0.253 e. The average molecular weight is 338 g/mol. The van der Waals surface area contributed by atoms with Gasteiger partial charge in [-0.05, 0) is 31.0 Å². The molecule has 2 aromatic rings. The SMILES string of the molecule is CC(NC(=O)c1ccccc1NC(=O)C1CCOC1)c1ccccc1. The van der Waals surface area contributed by atoms with Gasteiger partial charge in [0, 0.05) is 6.61 Å². The summed E-state index contributed by atoms with van der Waals surface area (Å²) >= 11 is 0. The number of benzene rings is 2. The topological polar surface area (TPSA) is 67.4 Å². The van der Waals surface area contributed by atoms with Crippen molar-refractivity contribution in [1.82, 2.24) is 5.32 Å². The molecule has 1 aliphatic heterocycles. The third kappa shape index (κ3) is 4.25. The normalized spacial score (nSPS) is 17.7. The standard InChI is InChI=1S/C20H22N2O3/c1-14(15-7-3-2-4-8-15)21-20(24)17-9-5-6-10-18(17)22-19(23)16-11-12-25-13-16/h2-10,14,16H,11-13H2,1H3,(H,21,24)(H,22,23). The highest BCUT2D eigenvalue weighted by Gasteiger charge is 2.25. The molecule has 1 heterocycles. The minimum atomic E-state index is -0.213. The van der Waals surface area contributed by atoms with Gasteiger partial charge >= 0.3 is 0 Å². The Balaban J connectivity index is 1.71. The van der Waals surface area contributed by atoms with Crippen LogP contribution in [-0.4, -0.2) is 25.0 Å². The van der Waals surface area contributed by atoms with Gasteiger partial charge in [-0.25, -0.2) is 0 Å². The van der Waals surface area contributed by atoms with Crippen molar-refractivity contribution in [3.63, 3.8) is 0 Å². The molecule has 0 saturated carbocycles. The summed E-state index contributed by atoms with van der Waals surface area (Å²) in [5, 5.41) is 5.85. The van der Waals surface area contributed by atoms with E-state index in [1.807, 2.05) is 37.3 Å². The zero-order valence-corrected chi connectivity index (χ0v) is 14.2. The van der Waals surface area contributed by atoms with Gasteiger partial charge in [-0.1, -0.05) is 42.5 Å². The second-order valence-electron chi connectivity index (χ2n) is 6.20. The fraction of sp³-hybridized carbons (Fsp3) is 0.300. The predicted molar refractivity (Wildman–Crippen MR) is 96.3 cm³/mol. The highest BCUT2D eigenvalue weighted by Crippen LogP contribution is 2.20. The maximum absolute atomic E-state index is 12.7. The van der Waals surface area contributed by atoms with E-state index in [0.29, 0.717) is 30.9 Å². The number of rotatable bonds is 5. The Morgan fingerprint density at radius 2 is 1.80 bits per heavy atom. The summed E-state index contributed by atoms with van der Waals surface area (Å²) in [5.41, 5.74) is 2.01. The van der Waals surface area contributed by atoms with Gasteiger partial charge in [-0.2, -0.15) is 0 Å². The number of anilines is 1. The number of carbonyl (C=O) groups is 2. The number of hydrogen-bond acceptors (Lipinski definition) is 3. The number of carbonyl (C=O) groups excluding carboxylic acids is 2. The van der Waals surface area contributed by atoms with Crippen LogP contribution in [0.1, 0.15) is 35.3 Å². The summed E-state index contributed by atoms with van der Waals surface area (Å²) in [4.78, 5) is 25.0. The lowest BCUT2D eigenvalue weighted by Gasteiger charge is -2.17. The first-order valence-corrected chi connectivity index (χ1v) is 8.48. The molecule has 0 bridgehead atoms. The Hall–Kier alpha value is -2.66. The van der Waals surface area contributed by atoms with E-state index in [9.17, 15) is 9.59 Å². The summed E-state index contributed by atoms with van der Waals surface area (Å²) in [6, 6.07) is 16.7. The van der Waals surface area contributed by atoms with Gasteiger partial charge in [-0.15, -0.1) is 0 Å². The maximum atomic E-state index is 12.7. The molecule has 1 aliphatic rings. The first-order valence-electron chi connectivity index (χ1n) is 8.48. The molecule has 3 rings (SSSR count). The van der Waals surface area contributed by atoms with Crippen molar-refractivity contribution in [3.8, 4) is 0 Å². The van der Waals surface area contributed by atoms with Crippen LogP contribution in [0.4, 0.5) is 5.69 Å². The van der Waals surface area contributed by atoms with Crippen molar-refractivity contribution in [1.29, 1.82) is 0 Å². The minimum Gasteiger partial charge on any atom is -0.381 e. The molecule has 0 radical (unpaired) electrons. The Bertz CT molecular complexity index is 740. The highest BCUT2D eigenvalue weighted by atomic mass is 16.5. The number of amides is 2. The van der Waals surface area contributed by atoms with E-state index >= 15 is 0 Å². The molecule has 2 atom stereocenters. The molecule has 1 saturated heterocycles. The lowest BCUT2D eigenvalue weighted by atomic mass is 10.1. The fourth-order valence-corrected chi connectivity index (χ4v) is 2.87. The number of ether oxygens (including phenoxy) is 1. The van der Waals surface area contributed by atoms with Crippen LogP contribution in [0.5, 0.6) is 0 Å². The molecule has 2 unspecified atom stereocenters. The number of hydrogen-bond donors (Lipinski definition) is 2. The van der Waals surface area contributed by atoms with Crippen molar-refractivity contribution in [2.75, 3.05) is 18.5 Å². The predicted octanol–water partition coefficient (Wildman–Crippen LogP) is 3.15. The Morgan fingerprint density at radius 1 is 1.08 bits per heavy atom. The monoisotopic (exact) mass is 338 g/mol. The van der Waals surface area contributed by atoms with Crippen LogP contribution in [0.15, 0.2) is 54.6 Å². The van der Waals surface area contributed by atoms with E-state index in [1.165, 1.54) is 0 Å². The van der Waals surface area contributed by atoms with E-state index < -0.39 is 0 Å². The van der Waals surface area contributed by atoms with Crippen LogP contribution in [0.2, 0.25) is 0 Å². The smallest absolute Gasteiger partial charge is 0.253 e. The van der Waals surface area contributed by atoms with Crippen LogP contribution in [0.25, 0.3) is 0 Å². The summed E-state index contributed by atoms with van der Waals surface area (Å²) in [5.74, 6) is -0.469. The van der Waals surface area contributed by atoms with E-state index in [2.05, 4.69) is 10.6 Å². The van der Waals surface area contributed by atoms with Gasteiger partial charge in [0.05, 0.1) is 29.8 Å². The average Bonchev–Trinajstić information content (AvgIpc) is 3.17. The van der Waals surface area contributed by atoms with Gasteiger partial charge in [0.1, 0.15) is 0 Å². The molecular formula is C20H22N2O3.